The lowest BCUT2D eigenvalue weighted by Gasteiger charge is -2.15. The van der Waals surface area contributed by atoms with Crippen molar-refractivity contribution >= 4 is 40.8 Å². The van der Waals surface area contributed by atoms with Crippen molar-refractivity contribution in [3.05, 3.63) is 105 Å². The van der Waals surface area contributed by atoms with Crippen LogP contribution in [0.2, 0.25) is 15.1 Å². The lowest BCUT2D eigenvalue weighted by atomic mass is 10.0. The fourth-order valence-corrected chi connectivity index (χ4v) is 4.16. The Hall–Kier alpha value is -3.03. The maximum Gasteiger partial charge on any atom is 0.335 e. The predicted octanol–water partition coefficient (Wildman–Crippen LogP) is 8.80. The molecule has 4 aromatic rings. The van der Waals surface area contributed by atoms with Crippen LogP contribution in [0, 0.1) is 0 Å². The molecule has 9 heteroatoms. The van der Waals surface area contributed by atoms with Crippen molar-refractivity contribution in [2.24, 2.45) is 0 Å². The average molecular weight is 575 g/mol. The largest absolute Gasteiger partial charge is 0.478 e. The topological polar surface area (TPSA) is 92.8 Å². The van der Waals surface area contributed by atoms with E-state index in [0.717, 1.165) is 12.8 Å². The summed E-state index contributed by atoms with van der Waals surface area (Å²) < 4.78 is 11.2. The highest BCUT2D eigenvalue weighted by atomic mass is 35.5. The molecule has 2 N–H and O–H groups in total. The fraction of sp³-hybridized carbons (Fsp3) is 0.241. The smallest absolute Gasteiger partial charge is 0.335 e. The standard InChI is InChI=1S/C19H14Cl3NO3.C7H6O2.C3H6/c20-11-3-1-4-12(9-11)25-19(24)16-17(23-26-18(16)10-7-8-10)15-13(21)5-2-6-14(15)22;8-7(9)6-4-2-1-3-5-6;1-2-3-1/h1-6,9-10,19,24H,7-8H2;1-5H,(H,8,9);1-3H2. The third-order valence-corrected chi connectivity index (χ3v) is 6.43. The van der Waals surface area contributed by atoms with E-state index in [1.165, 1.54) is 19.3 Å². The molecule has 2 aliphatic carbocycles. The summed E-state index contributed by atoms with van der Waals surface area (Å²) in [4.78, 5) is 10.2. The van der Waals surface area contributed by atoms with Crippen molar-refractivity contribution in [2.75, 3.05) is 0 Å². The Labute approximate surface area is 235 Å². The molecule has 198 valence electrons. The zero-order valence-corrected chi connectivity index (χ0v) is 22.6. The second-order valence-corrected chi connectivity index (χ2v) is 10.1. The Morgan fingerprint density at radius 1 is 0.921 bits per heavy atom. The first kappa shape index (κ1) is 28.0. The first-order valence-electron chi connectivity index (χ1n) is 12.2. The Morgan fingerprint density at radius 3 is 2.08 bits per heavy atom. The Balaban J connectivity index is 0.000000231. The van der Waals surface area contributed by atoms with Crippen molar-refractivity contribution in [3.63, 3.8) is 0 Å². The van der Waals surface area contributed by atoms with E-state index < -0.39 is 12.3 Å². The van der Waals surface area contributed by atoms with E-state index in [9.17, 15) is 9.90 Å². The summed E-state index contributed by atoms with van der Waals surface area (Å²) >= 11 is 18.6. The van der Waals surface area contributed by atoms with Gasteiger partial charge in [-0.05, 0) is 55.3 Å². The normalized spacial score (nSPS) is 14.3. The zero-order chi connectivity index (χ0) is 27.1. The van der Waals surface area contributed by atoms with Gasteiger partial charge in [0.05, 0.1) is 21.2 Å². The van der Waals surface area contributed by atoms with Crippen molar-refractivity contribution < 1.29 is 24.3 Å². The first-order chi connectivity index (χ1) is 18.3. The SMILES string of the molecule is C1CC1.O=C(O)c1ccccc1.OC(Oc1cccc(Cl)c1)c1c(-c2c(Cl)cccc2Cl)noc1C1CC1. The van der Waals surface area contributed by atoms with Crippen LogP contribution in [0.15, 0.2) is 77.3 Å². The van der Waals surface area contributed by atoms with Crippen LogP contribution >= 0.6 is 34.8 Å². The van der Waals surface area contributed by atoms with Gasteiger partial charge in [-0.3, -0.25) is 0 Å². The maximum atomic E-state index is 10.8. The molecule has 0 spiro atoms. The van der Waals surface area contributed by atoms with E-state index in [-0.39, 0.29) is 5.92 Å². The summed E-state index contributed by atoms with van der Waals surface area (Å²) in [6, 6.07) is 20.3. The molecule has 3 aromatic carbocycles. The van der Waals surface area contributed by atoms with Crippen LogP contribution < -0.4 is 4.74 Å². The van der Waals surface area contributed by atoms with E-state index in [4.69, 9.17) is 49.2 Å². The molecule has 0 bridgehead atoms. The van der Waals surface area contributed by atoms with Crippen LogP contribution in [0.25, 0.3) is 11.3 Å². The maximum absolute atomic E-state index is 10.8. The number of benzene rings is 3. The van der Waals surface area contributed by atoms with Gasteiger partial charge >= 0.3 is 5.97 Å². The number of aliphatic hydroxyl groups is 1. The van der Waals surface area contributed by atoms with Gasteiger partial charge in [-0.25, -0.2) is 4.79 Å². The van der Waals surface area contributed by atoms with Gasteiger partial charge in [0.15, 0.2) is 0 Å². The third-order valence-electron chi connectivity index (χ3n) is 5.57. The number of hydrogen-bond acceptors (Lipinski definition) is 5. The lowest BCUT2D eigenvalue weighted by molar-refractivity contribution is -0.0202. The molecule has 2 fully saturated rings. The van der Waals surface area contributed by atoms with Gasteiger partial charge in [-0.15, -0.1) is 0 Å². The highest BCUT2D eigenvalue weighted by molar-refractivity contribution is 6.39. The summed E-state index contributed by atoms with van der Waals surface area (Å²) in [5.41, 5.74) is 1.67. The number of rotatable bonds is 6. The third kappa shape index (κ3) is 7.74. The summed E-state index contributed by atoms with van der Waals surface area (Å²) in [6.07, 6.45) is 5.15. The Morgan fingerprint density at radius 2 is 1.55 bits per heavy atom. The zero-order valence-electron chi connectivity index (χ0n) is 20.3. The quantitative estimate of drug-likeness (QED) is 0.224. The summed E-state index contributed by atoms with van der Waals surface area (Å²) in [5, 5.41) is 24.7. The summed E-state index contributed by atoms with van der Waals surface area (Å²) in [5.74, 6) is 0.371. The number of aromatic carboxylic acids is 1. The minimum absolute atomic E-state index is 0.213. The molecule has 6 rings (SSSR count). The van der Waals surface area contributed by atoms with Crippen LogP contribution in [-0.2, 0) is 0 Å². The van der Waals surface area contributed by atoms with Gasteiger partial charge in [-0.1, -0.05) is 89.6 Å². The van der Waals surface area contributed by atoms with E-state index in [0.29, 0.717) is 49.0 Å². The number of halogens is 3. The fourth-order valence-electron chi connectivity index (χ4n) is 3.40. The molecule has 1 aromatic heterocycles. The van der Waals surface area contributed by atoms with Crippen LogP contribution in [0.4, 0.5) is 0 Å². The van der Waals surface area contributed by atoms with E-state index in [1.54, 1.807) is 72.8 Å². The number of carboxylic acid groups (broad SMARTS) is 1. The molecular formula is C29H26Cl3NO5. The van der Waals surface area contributed by atoms with Gasteiger partial charge in [-0.2, -0.15) is 0 Å². The minimum atomic E-state index is -1.29. The number of carboxylic acids is 1. The Kier molecular flexibility index (Phi) is 9.69. The minimum Gasteiger partial charge on any atom is -0.478 e. The van der Waals surface area contributed by atoms with Crippen molar-refractivity contribution in [1.29, 1.82) is 0 Å². The second kappa shape index (κ2) is 13.2. The van der Waals surface area contributed by atoms with Gasteiger partial charge in [0.2, 0.25) is 6.29 Å². The van der Waals surface area contributed by atoms with E-state index in [2.05, 4.69) is 5.16 Å². The van der Waals surface area contributed by atoms with Crippen LogP contribution in [-0.4, -0.2) is 21.3 Å². The van der Waals surface area contributed by atoms with Gasteiger partial charge in [0.1, 0.15) is 17.2 Å². The molecule has 0 aliphatic heterocycles. The molecule has 0 saturated heterocycles. The number of ether oxygens (including phenoxy) is 1. The highest BCUT2D eigenvalue weighted by Crippen LogP contribution is 2.48. The number of aliphatic hydroxyl groups excluding tert-OH is 1. The van der Waals surface area contributed by atoms with Gasteiger partial charge in [0, 0.05) is 16.5 Å². The van der Waals surface area contributed by atoms with Crippen LogP contribution in [0.3, 0.4) is 0 Å². The Bertz CT molecular complexity index is 1350. The van der Waals surface area contributed by atoms with Gasteiger partial charge in [0.25, 0.3) is 0 Å². The second-order valence-electron chi connectivity index (χ2n) is 8.84. The highest BCUT2D eigenvalue weighted by Gasteiger charge is 2.37. The average Bonchev–Trinajstić information content (AvgIpc) is 3.83. The molecule has 2 aliphatic rings. The molecule has 1 atom stereocenters. The molecule has 1 heterocycles. The number of nitrogens with zero attached hydrogens (tertiary/aromatic N) is 1. The van der Waals surface area contributed by atoms with E-state index >= 15 is 0 Å². The van der Waals surface area contributed by atoms with Crippen LogP contribution in [0.1, 0.15) is 66.0 Å². The van der Waals surface area contributed by atoms with Crippen molar-refractivity contribution in [3.8, 4) is 17.0 Å². The molecule has 0 radical (unpaired) electrons. The summed E-state index contributed by atoms with van der Waals surface area (Å²) in [6.45, 7) is 0. The molecule has 0 amide bonds. The number of aromatic nitrogens is 1. The van der Waals surface area contributed by atoms with Crippen molar-refractivity contribution in [2.45, 2.75) is 44.3 Å². The van der Waals surface area contributed by atoms with Crippen LogP contribution in [0.5, 0.6) is 5.75 Å². The summed E-state index contributed by atoms with van der Waals surface area (Å²) in [7, 11) is 0. The van der Waals surface area contributed by atoms with E-state index in [1.807, 2.05) is 0 Å². The predicted molar refractivity (Wildman–Crippen MR) is 148 cm³/mol. The van der Waals surface area contributed by atoms with Crippen molar-refractivity contribution in [1.82, 2.24) is 5.16 Å². The molecule has 6 nitrogen and oxygen atoms in total. The number of carbonyl (C=O) groups is 1. The lowest BCUT2D eigenvalue weighted by Crippen LogP contribution is -2.09. The molecular weight excluding hydrogens is 549 g/mol. The van der Waals surface area contributed by atoms with Gasteiger partial charge < -0.3 is 19.5 Å². The molecule has 38 heavy (non-hydrogen) atoms. The first-order valence-corrected chi connectivity index (χ1v) is 13.3. The number of hydrogen-bond donors (Lipinski definition) is 2. The monoisotopic (exact) mass is 573 g/mol. The molecule has 1 unspecified atom stereocenters. The molecule has 2 saturated carbocycles.